The Kier molecular flexibility index (Phi) is 5.08. The van der Waals surface area contributed by atoms with E-state index in [9.17, 15) is 13.2 Å². The summed E-state index contributed by atoms with van der Waals surface area (Å²) in [5.41, 5.74) is 0. The zero-order valence-corrected chi connectivity index (χ0v) is 14.8. The first-order chi connectivity index (χ1) is 10.8. The van der Waals surface area contributed by atoms with Gasteiger partial charge >= 0.3 is 5.97 Å². The Hall–Kier alpha value is -1.90. The van der Waals surface area contributed by atoms with E-state index in [4.69, 9.17) is 9.47 Å². The molecule has 1 aromatic carbocycles. The van der Waals surface area contributed by atoms with Crippen LogP contribution in [0.25, 0.3) is 0 Å². The molecule has 124 valence electrons. The van der Waals surface area contributed by atoms with Gasteiger partial charge in [0.05, 0.1) is 12.0 Å². The molecule has 0 radical (unpaired) electrons. The molecule has 0 fully saturated rings. The van der Waals surface area contributed by atoms with E-state index in [2.05, 4.69) is 0 Å². The highest BCUT2D eigenvalue weighted by Gasteiger charge is 2.25. The highest BCUT2D eigenvalue weighted by molar-refractivity contribution is 7.89. The van der Waals surface area contributed by atoms with Gasteiger partial charge in [-0.25, -0.2) is 17.5 Å². The van der Waals surface area contributed by atoms with Crippen LogP contribution in [0.15, 0.2) is 35.2 Å². The molecule has 2 aromatic rings. The molecule has 1 heterocycles. The highest BCUT2D eigenvalue weighted by Crippen LogP contribution is 2.28. The van der Waals surface area contributed by atoms with Crippen molar-refractivity contribution in [3.8, 4) is 11.5 Å². The third-order valence-electron chi connectivity index (χ3n) is 3.10. The van der Waals surface area contributed by atoms with Crippen LogP contribution in [0.4, 0.5) is 0 Å². The van der Waals surface area contributed by atoms with Gasteiger partial charge in [0, 0.05) is 19.0 Å². The standard InChI is InChI=1S/C15H17NO5S2/c1-10-14(23(18,19)16(2)3)9-13(22-10)15(17)21-12-7-5-11(20-4)6-8-12/h5-9H,1-4H3. The van der Waals surface area contributed by atoms with Gasteiger partial charge in [-0.15, -0.1) is 11.3 Å². The van der Waals surface area contributed by atoms with E-state index in [0.717, 1.165) is 15.6 Å². The van der Waals surface area contributed by atoms with Gasteiger partial charge in [0.2, 0.25) is 10.0 Å². The molecule has 0 aliphatic heterocycles. The van der Waals surface area contributed by atoms with Crippen LogP contribution in [-0.2, 0) is 10.0 Å². The van der Waals surface area contributed by atoms with Crippen molar-refractivity contribution in [1.82, 2.24) is 4.31 Å². The van der Waals surface area contributed by atoms with Crippen molar-refractivity contribution >= 4 is 27.3 Å². The van der Waals surface area contributed by atoms with E-state index in [1.54, 1.807) is 38.3 Å². The van der Waals surface area contributed by atoms with Crippen LogP contribution >= 0.6 is 11.3 Å². The zero-order chi connectivity index (χ0) is 17.2. The van der Waals surface area contributed by atoms with Crippen molar-refractivity contribution in [1.29, 1.82) is 0 Å². The van der Waals surface area contributed by atoms with Gasteiger partial charge in [0.1, 0.15) is 16.4 Å². The van der Waals surface area contributed by atoms with E-state index in [1.807, 2.05) is 0 Å². The lowest BCUT2D eigenvalue weighted by atomic mass is 10.3. The molecular formula is C15H17NO5S2. The maximum absolute atomic E-state index is 12.2. The largest absolute Gasteiger partial charge is 0.497 e. The van der Waals surface area contributed by atoms with E-state index < -0.39 is 16.0 Å². The van der Waals surface area contributed by atoms with Crippen LogP contribution in [0.1, 0.15) is 14.5 Å². The third-order valence-corrected chi connectivity index (χ3v) is 6.20. The third kappa shape index (κ3) is 3.72. The van der Waals surface area contributed by atoms with Gasteiger partial charge in [0.15, 0.2) is 0 Å². The maximum Gasteiger partial charge on any atom is 0.353 e. The quantitative estimate of drug-likeness (QED) is 0.609. The number of hydrogen-bond acceptors (Lipinski definition) is 6. The van der Waals surface area contributed by atoms with Gasteiger partial charge in [0.25, 0.3) is 0 Å². The van der Waals surface area contributed by atoms with Gasteiger partial charge < -0.3 is 9.47 Å². The van der Waals surface area contributed by atoms with Crippen LogP contribution in [0.5, 0.6) is 11.5 Å². The molecule has 8 heteroatoms. The highest BCUT2D eigenvalue weighted by atomic mass is 32.2. The first-order valence-electron chi connectivity index (χ1n) is 6.65. The van der Waals surface area contributed by atoms with Crippen LogP contribution in [-0.4, -0.2) is 39.9 Å². The fraction of sp³-hybridized carbons (Fsp3) is 0.267. The minimum atomic E-state index is -3.58. The van der Waals surface area contributed by atoms with Crippen molar-refractivity contribution in [2.45, 2.75) is 11.8 Å². The van der Waals surface area contributed by atoms with Crippen molar-refractivity contribution in [3.63, 3.8) is 0 Å². The normalized spacial score (nSPS) is 11.5. The number of methoxy groups -OCH3 is 1. The van der Waals surface area contributed by atoms with Crippen LogP contribution < -0.4 is 9.47 Å². The number of carbonyl (C=O) groups excluding carboxylic acids is 1. The molecule has 2 rings (SSSR count). The lowest BCUT2D eigenvalue weighted by Gasteiger charge is -2.10. The Bertz CT molecular complexity index is 807. The Morgan fingerprint density at radius 3 is 2.22 bits per heavy atom. The number of rotatable bonds is 5. The predicted octanol–water partition coefficient (Wildman–Crippen LogP) is 2.53. The zero-order valence-electron chi connectivity index (χ0n) is 13.2. The summed E-state index contributed by atoms with van der Waals surface area (Å²) in [6.07, 6.45) is 0. The fourth-order valence-corrected chi connectivity index (χ4v) is 4.15. The summed E-state index contributed by atoms with van der Waals surface area (Å²) in [5.74, 6) is 0.415. The second kappa shape index (κ2) is 6.69. The number of aryl methyl sites for hydroxylation is 1. The Labute approximate surface area is 139 Å². The van der Waals surface area contributed by atoms with Gasteiger partial charge in [-0.05, 0) is 37.3 Å². The monoisotopic (exact) mass is 355 g/mol. The summed E-state index contributed by atoms with van der Waals surface area (Å²) in [5, 5.41) is 0. The van der Waals surface area contributed by atoms with E-state index in [-0.39, 0.29) is 9.77 Å². The second-order valence-corrected chi connectivity index (χ2v) is 8.26. The first-order valence-corrected chi connectivity index (χ1v) is 8.90. The Morgan fingerprint density at radius 2 is 1.70 bits per heavy atom. The number of sulfonamides is 1. The minimum Gasteiger partial charge on any atom is -0.497 e. The first kappa shape index (κ1) is 17.5. The molecule has 0 atom stereocenters. The molecule has 0 saturated carbocycles. The van der Waals surface area contributed by atoms with Crippen LogP contribution in [0.2, 0.25) is 0 Å². The summed E-state index contributed by atoms with van der Waals surface area (Å²) in [7, 11) is 0.854. The molecule has 0 spiro atoms. The number of carbonyl (C=O) groups is 1. The molecule has 0 N–H and O–H groups in total. The van der Waals surface area contributed by atoms with Gasteiger partial charge in [-0.2, -0.15) is 0 Å². The molecule has 6 nitrogen and oxygen atoms in total. The summed E-state index contributed by atoms with van der Waals surface area (Å²) < 4.78 is 35.8. The molecule has 0 aliphatic carbocycles. The summed E-state index contributed by atoms with van der Waals surface area (Å²) in [6, 6.07) is 7.90. The SMILES string of the molecule is COc1ccc(OC(=O)c2cc(S(=O)(=O)N(C)C)c(C)s2)cc1. The van der Waals surface area contributed by atoms with Crippen LogP contribution in [0, 0.1) is 6.92 Å². The predicted molar refractivity (Wildman–Crippen MR) is 87.9 cm³/mol. The Balaban J connectivity index is 2.23. The summed E-state index contributed by atoms with van der Waals surface area (Å²) in [6.45, 7) is 1.66. The van der Waals surface area contributed by atoms with E-state index >= 15 is 0 Å². The van der Waals surface area contributed by atoms with E-state index in [0.29, 0.717) is 16.4 Å². The van der Waals surface area contributed by atoms with Crippen LogP contribution in [0.3, 0.4) is 0 Å². The molecule has 0 bridgehead atoms. The van der Waals surface area contributed by atoms with Crippen molar-refractivity contribution < 1.29 is 22.7 Å². The summed E-state index contributed by atoms with van der Waals surface area (Å²) in [4.78, 5) is 13.1. The number of esters is 1. The molecule has 0 aliphatic rings. The molecule has 0 saturated heterocycles. The second-order valence-electron chi connectivity index (χ2n) is 4.88. The topological polar surface area (TPSA) is 72.9 Å². The minimum absolute atomic E-state index is 0.120. The number of hydrogen-bond donors (Lipinski definition) is 0. The van der Waals surface area contributed by atoms with Gasteiger partial charge in [-0.3, -0.25) is 0 Å². The average molecular weight is 355 g/mol. The molecule has 0 unspecified atom stereocenters. The van der Waals surface area contributed by atoms with Crippen molar-refractivity contribution in [3.05, 3.63) is 40.1 Å². The lowest BCUT2D eigenvalue weighted by Crippen LogP contribution is -2.22. The number of thiophene rings is 1. The van der Waals surface area contributed by atoms with Crippen molar-refractivity contribution in [2.75, 3.05) is 21.2 Å². The smallest absolute Gasteiger partial charge is 0.353 e. The average Bonchev–Trinajstić information content (AvgIpc) is 2.90. The summed E-state index contributed by atoms with van der Waals surface area (Å²) >= 11 is 1.09. The van der Waals surface area contributed by atoms with Gasteiger partial charge in [-0.1, -0.05) is 0 Å². The number of benzene rings is 1. The molecule has 0 amide bonds. The fourth-order valence-electron chi connectivity index (χ4n) is 1.82. The van der Waals surface area contributed by atoms with E-state index in [1.165, 1.54) is 20.2 Å². The molecule has 1 aromatic heterocycles. The van der Waals surface area contributed by atoms with Crippen molar-refractivity contribution in [2.24, 2.45) is 0 Å². The number of ether oxygens (including phenoxy) is 2. The number of nitrogens with zero attached hydrogens (tertiary/aromatic N) is 1. The Morgan fingerprint density at radius 1 is 1.13 bits per heavy atom. The maximum atomic E-state index is 12.2. The lowest BCUT2D eigenvalue weighted by molar-refractivity contribution is 0.0739. The molecular weight excluding hydrogens is 338 g/mol. The molecule has 23 heavy (non-hydrogen) atoms.